The predicted molar refractivity (Wildman–Crippen MR) is 55.1 cm³/mol. The first-order chi connectivity index (χ1) is 6.24. The van der Waals surface area contributed by atoms with Gasteiger partial charge >= 0.3 is 5.97 Å². The molecule has 1 rings (SSSR count). The maximum atomic E-state index is 10.8. The third kappa shape index (κ3) is 3.56. The van der Waals surface area contributed by atoms with Crippen LogP contribution in [0, 0.1) is 5.92 Å². The van der Waals surface area contributed by atoms with Gasteiger partial charge in [0.2, 0.25) is 0 Å². The lowest BCUT2D eigenvalue weighted by molar-refractivity contribution is -0.136. The maximum Gasteiger partial charge on any atom is 0.316 e. The van der Waals surface area contributed by atoms with Gasteiger partial charge in [-0.1, -0.05) is 0 Å². The molecule has 13 heavy (non-hydrogen) atoms. The van der Waals surface area contributed by atoms with Crippen LogP contribution in [0.3, 0.4) is 0 Å². The second kappa shape index (κ2) is 5.50. The number of hydrogen-bond donors (Lipinski definition) is 2. The molecule has 1 saturated heterocycles. The highest BCUT2D eigenvalue weighted by Crippen LogP contribution is 2.23. The lowest BCUT2D eigenvalue weighted by atomic mass is 9.93. The van der Waals surface area contributed by atoms with Crippen molar-refractivity contribution in [2.45, 2.75) is 24.5 Å². The summed E-state index contributed by atoms with van der Waals surface area (Å²) in [6.45, 7) is 2.09. The third-order valence-electron chi connectivity index (χ3n) is 2.57. The average molecular weight is 203 g/mol. The van der Waals surface area contributed by atoms with E-state index in [4.69, 9.17) is 5.11 Å². The van der Waals surface area contributed by atoms with Crippen LogP contribution in [0.25, 0.3) is 0 Å². The first-order valence-electron chi connectivity index (χ1n) is 4.70. The molecule has 1 fully saturated rings. The van der Waals surface area contributed by atoms with E-state index in [0.29, 0.717) is 5.92 Å². The van der Waals surface area contributed by atoms with Gasteiger partial charge in [0.1, 0.15) is 5.25 Å². The molecule has 0 bridgehead atoms. The van der Waals surface area contributed by atoms with E-state index in [9.17, 15) is 4.79 Å². The summed E-state index contributed by atoms with van der Waals surface area (Å²) in [6.07, 6.45) is 4.97. The lowest BCUT2D eigenvalue weighted by Gasteiger charge is -2.24. The number of carboxylic acid groups (broad SMARTS) is 1. The maximum absolute atomic E-state index is 10.8. The summed E-state index contributed by atoms with van der Waals surface area (Å²) in [5.41, 5.74) is 0. The Bertz CT molecular complexity index is 169. The summed E-state index contributed by atoms with van der Waals surface area (Å²) in [5, 5.41) is 11.9. The molecule has 0 saturated carbocycles. The Morgan fingerprint density at radius 1 is 1.62 bits per heavy atom. The van der Waals surface area contributed by atoms with E-state index in [1.807, 2.05) is 6.26 Å². The fraction of sp³-hybridized carbons (Fsp3) is 0.889. The van der Waals surface area contributed by atoms with Crippen molar-refractivity contribution >= 4 is 17.7 Å². The van der Waals surface area contributed by atoms with Gasteiger partial charge in [0.15, 0.2) is 0 Å². The van der Waals surface area contributed by atoms with Crippen LogP contribution in [-0.2, 0) is 4.79 Å². The summed E-state index contributed by atoms with van der Waals surface area (Å²) in [4.78, 5) is 10.8. The number of hydrogen-bond acceptors (Lipinski definition) is 3. The molecule has 4 heteroatoms. The van der Waals surface area contributed by atoms with Crippen molar-refractivity contribution < 1.29 is 9.90 Å². The Morgan fingerprint density at radius 3 is 2.69 bits per heavy atom. The van der Waals surface area contributed by atoms with Gasteiger partial charge < -0.3 is 10.4 Å². The van der Waals surface area contributed by atoms with Gasteiger partial charge in [-0.05, 0) is 44.5 Å². The Kier molecular flexibility index (Phi) is 4.59. The highest BCUT2D eigenvalue weighted by atomic mass is 32.2. The molecule has 0 aromatic heterocycles. The van der Waals surface area contributed by atoms with Crippen LogP contribution in [-0.4, -0.2) is 35.7 Å². The van der Waals surface area contributed by atoms with Crippen molar-refractivity contribution in [2.75, 3.05) is 19.3 Å². The summed E-state index contributed by atoms with van der Waals surface area (Å²) in [7, 11) is 0. The molecule has 0 aliphatic carbocycles. The average Bonchev–Trinajstić information content (AvgIpc) is 2.15. The van der Waals surface area contributed by atoms with Crippen molar-refractivity contribution in [2.24, 2.45) is 5.92 Å². The number of carboxylic acids is 1. The SMILES string of the molecule is CSC(CC1CCNCC1)C(=O)O. The van der Waals surface area contributed by atoms with E-state index in [1.165, 1.54) is 11.8 Å². The zero-order valence-corrected chi connectivity index (χ0v) is 8.77. The number of aliphatic carboxylic acids is 1. The van der Waals surface area contributed by atoms with Crippen LogP contribution in [0.2, 0.25) is 0 Å². The second-order valence-electron chi connectivity index (χ2n) is 3.49. The van der Waals surface area contributed by atoms with Crippen LogP contribution in [0.15, 0.2) is 0 Å². The molecule has 0 aromatic rings. The van der Waals surface area contributed by atoms with Gasteiger partial charge in [-0.25, -0.2) is 0 Å². The number of carbonyl (C=O) groups is 1. The van der Waals surface area contributed by atoms with E-state index in [2.05, 4.69) is 5.32 Å². The van der Waals surface area contributed by atoms with Crippen LogP contribution in [0.4, 0.5) is 0 Å². The second-order valence-corrected chi connectivity index (χ2v) is 4.53. The number of nitrogens with one attached hydrogen (secondary N) is 1. The van der Waals surface area contributed by atoms with Gasteiger partial charge in [0, 0.05) is 0 Å². The minimum atomic E-state index is -0.661. The largest absolute Gasteiger partial charge is 0.480 e. The molecule has 0 aromatic carbocycles. The van der Waals surface area contributed by atoms with Crippen molar-refractivity contribution in [1.82, 2.24) is 5.32 Å². The van der Waals surface area contributed by atoms with Gasteiger partial charge in [0.05, 0.1) is 0 Å². The van der Waals surface area contributed by atoms with E-state index < -0.39 is 5.97 Å². The molecule has 1 aliphatic rings. The van der Waals surface area contributed by atoms with E-state index in [1.54, 1.807) is 0 Å². The Labute approximate surface area is 83.3 Å². The first kappa shape index (κ1) is 10.9. The topological polar surface area (TPSA) is 49.3 Å². The van der Waals surface area contributed by atoms with Gasteiger partial charge in [-0.3, -0.25) is 4.79 Å². The number of piperidine rings is 1. The van der Waals surface area contributed by atoms with Crippen LogP contribution in [0.1, 0.15) is 19.3 Å². The normalized spacial score (nSPS) is 21.3. The fourth-order valence-corrected chi connectivity index (χ4v) is 2.38. The Balaban J connectivity index is 2.31. The molecule has 1 atom stereocenters. The van der Waals surface area contributed by atoms with Crippen molar-refractivity contribution in [3.63, 3.8) is 0 Å². The molecule has 3 nitrogen and oxygen atoms in total. The summed E-state index contributed by atoms with van der Waals surface area (Å²) in [5.74, 6) is -0.0548. The van der Waals surface area contributed by atoms with Crippen molar-refractivity contribution in [1.29, 1.82) is 0 Å². The first-order valence-corrected chi connectivity index (χ1v) is 5.99. The van der Waals surface area contributed by atoms with Crippen molar-refractivity contribution in [3.05, 3.63) is 0 Å². The molecule has 0 amide bonds. The van der Waals surface area contributed by atoms with Crippen LogP contribution < -0.4 is 5.32 Å². The zero-order valence-electron chi connectivity index (χ0n) is 7.95. The van der Waals surface area contributed by atoms with E-state index >= 15 is 0 Å². The highest BCUT2D eigenvalue weighted by Gasteiger charge is 2.22. The fourth-order valence-electron chi connectivity index (χ4n) is 1.72. The molecule has 76 valence electrons. The smallest absolute Gasteiger partial charge is 0.316 e. The molecule has 0 spiro atoms. The molecule has 0 radical (unpaired) electrons. The molecule has 1 unspecified atom stereocenters. The van der Waals surface area contributed by atoms with E-state index in [0.717, 1.165) is 32.4 Å². The molecular formula is C9H17NO2S. The number of thioether (sulfide) groups is 1. The van der Waals surface area contributed by atoms with Gasteiger partial charge in [-0.15, -0.1) is 0 Å². The minimum absolute atomic E-state index is 0.205. The van der Waals surface area contributed by atoms with Gasteiger partial charge in [0.25, 0.3) is 0 Å². The summed E-state index contributed by atoms with van der Waals surface area (Å²) >= 11 is 1.45. The quantitative estimate of drug-likeness (QED) is 0.720. The highest BCUT2D eigenvalue weighted by molar-refractivity contribution is 7.99. The monoisotopic (exact) mass is 203 g/mol. The van der Waals surface area contributed by atoms with E-state index in [-0.39, 0.29) is 5.25 Å². The lowest BCUT2D eigenvalue weighted by Crippen LogP contribution is -2.30. The Hall–Kier alpha value is -0.220. The predicted octanol–water partition coefficient (Wildman–Crippen LogP) is 1.19. The van der Waals surface area contributed by atoms with Gasteiger partial charge in [-0.2, -0.15) is 11.8 Å². The summed E-state index contributed by atoms with van der Waals surface area (Å²) in [6, 6.07) is 0. The third-order valence-corrected chi connectivity index (χ3v) is 3.53. The molecular weight excluding hydrogens is 186 g/mol. The van der Waals surface area contributed by atoms with Crippen molar-refractivity contribution in [3.8, 4) is 0 Å². The standard InChI is InChI=1S/C9H17NO2S/c1-13-8(9(11)12)6-7-2-4-10-5-3-7/h7-8,10H,2-6H2,1H3,(H,11,12). The van der Waals surface area contributed by atoms with Crippen LogP contribution in [0.5, 0.6) is 0 Å². The Morgan fingerprint density at radius 2 is 2.23 bits per heavy atom. The number of rotatable bonds is 4. The molecule has 2 N–H and O–H groups in total. The minimum Gasteiger partial charge on any atom is -0.480 e. The molecule has 1 heterocycles. The summed E-state index contributed by atoms with van der Waals surface area (Å²) < 4.78 is 0. The molecule has 1 aliphatic heterocycles. The van der Waals surface area contributed by atoms with Crippen LogP contribution >= 0.6 is 11.8 Å². The zero-order chi connectivity index (χ0) is 9.68.